The Morgan fingerprint density at radius 3 is 2.04 bits per heavy atom. The fraction of sp³-hybridized carbons (Fsp3) is 0.556. The summed E-state index contributed by atoms with van der Waals surface area (Å²) in [4.78, 5) is 25.8. The third kappa shape index (κ3) is 4.18. The molecule has 138 valence electrons. The largest absolute Gasteiger partial charge is 0.496 e. The Morgan fingerprint density at radius 2 is 1.68 bits per heavy atom. The molecule has 0 spiro atoms. The first-order valence-corrected chi connectivity index (χ1v) is 8.86. The molecule has 25 heavy (non-hydrogen) atoms. The standard InChI is InChI=1S/C18H25O6P/c1-7-24-17(20)18(4,25-21)15(11(2)3)16(19)14-12(22-5)9-8-10-13(14)23-6/h8-11,15H,7H2,1-6H3. The monoisotopic (exact) mass is 368 g/mol. The first-order valence-electron chi connectivity index (χ1n) is 8.05. The van der Waals surface area contributed by atoms with E-state index in [0.717, 1.165) is 0 Å². The molecular formula is C18H25O6P. The SMILES string of the molecule is CCOC(=O)C(C)(P=O)C(C(=O)c1c(OC)cccc1OC)C(C)C. The lowest BCUT2D eigenvalue weighted by Gasteiger charge is -2.32. The van der Waals surface area contributed by atoms with Crippen LogP contribution in [0, 0.1) is 11.8 Å². The van der Waals surface area contributed by atoms with Gasteiger partial charge in [0.2, 0.25) is 0 Å². The second-order valence-electron chi connectivity index (χ2n) is 6.08. The molecule has 0 aliphatic rings. The molecule has 0 amide bonds. The van der Waals surface area contributed by atoms with Crippen LogP contribution in [0.3, 0.4) is 0 Å². The Labute approximate surface area is 150 Å². The second kappa shape index (κ2) is 8.95. The molecule has 0 radical (unpaired) electrons. The summed E-state index contributed by atoms with van der Waals surface area (Å²) in [6, 6.07) is 4.99. The molecule has 0 aliphatic heterocycles. The Balaban J connectivity index is 3.53. The highest BCUT2D eigenvalue weighted by Gasteiger charge is 2.50. The average molecular weight is 368 g/mol. The summed E-state index contributed by atoms with van der Waals surface area (Å²) in [7, 11) is 2.43. The van der Waals surface area contributed by atoms with Gasteiger partial charge in [0.1, 0.15) is 17.1 Å². The van der Waals surface area contributed by atoms with Gasteiger partial charge in [0.15, 0.2) is 19.4 Å². The summed E-state index contributed by atoms with van der Waals surface area (Å²) < 4.78 is 27.6. The fourth-order valence-corrected chi connectivity index (χ4v) is 3.62. The Bertz CT molecular complexity index is 620. The minimum Gasteiger partial charge on any atom is -0.496 e. The lowest BCUT2D eigenvalue weighted by molar-refractivity contribution is -0.147. The molecule has 0 saturated carbocycles. The molecule has 7 heteroatoms. The van der Waals surface area contributed by atoms with E-state index in [-0.39, 0.29) is 23.9 Å². The topological polar surface area (TPSA) is 78.9 Å². The number of esters is 1. The summed E-state index contributed by atoms with van der Waals surface area (Å²) in [6.07, 6.45) is 0. The Kier molecular flexibility index (Phi) is 7.56. The van der Waals surface area contributed by atoms with E-state index in [4.69, 9.17) is 14.2 Å². The van der Waals surface area contributed by atoms with Crippen molar-refractivity contribution in [2.75, 3.05) is 20.8 Å². The number of hydrogen-bond acceptors (Lipinski definition) is 6. The maximum absolute atomic E-state index is 13.3. The molecule has 1 aromatic carbocycles. The van der Waals surface area contributed by atoms with Crippen molar-refractivity contribution in [3.8, 4) is 11.5 Å². The highest BCUT2D eigenvalue weighted by Crippen LogP contribution is 2.42. The molecule has 0 aromatic heterocycles. The van der Waals surface area contributed by atoms with Crippen molar-refractivity contribution in [2.45, 2.75) is 32.9 Å². The number of ether oxygens (including phenoxy) is 3. The van der Waals surface area contributed by atoms with Gasteiger partial charge in [-0.25, -0.2) is 0 Å². The molecule has 1 rings (SSSR count). The van der Waals surface area contributed by atoms with E-state index >= 15 is 0 Å². The van der Waals surface area contributed by atoms with Crippen molar-refractivity contribution < 1.29 is 28.4 Å². The molecular weight excluding hydrogens is 343 g/mol. The number of ketones is 1. The van der Waals surface area contributed by atoms with Gasteiger partial charge in [-0.1, -0.05) is 19.9 Å². The van der Waals surface area contributed by atoms with E-state index in [1.165, 1.54) is 21.1 Å². The van der Waals surface area contributed by atoms with Crippen molar-refractivity contribution >= 4 is 20.2 Å². The molecule has 0 bridgehead atoms. The quantitative estimate of drug-likeness (QED) is 0.375. The average Bonchev–Trinajstić information content (AvgIpc) is 2.60. The Morgan fingerprint density at radius 1 is 1.16 bits per heavy atom. The van der Waals surface area contributed by atoms with Crippen LogP contribution in [-0.4, -0.2) is 37.7 Å². The van der Waals surface area contributed by atoms with E-state index in [0.29, 0.717) is 11.5 Å². The van der Waals surface area contributed by atoms with Crippen molar-refractivity contribution in [1.82, 2.24) is 0 Å². The predicted molar refractivity (Wildman–Crippen MR) is 94.8 cm³/mol. The summed E-state index contributed by atoms with van der Waals surface area (Å²) in [5.41, 5.74) is 0.227. The number of rotatable bonds is 9. The smallest absolute Gasteiger partial charge is 0.324 e. The van der Waals surface area contributed by atoms with E-state index < -0.39 is 25.5 Å². The van der Waals surface area contributed by atoms with E-state index in [2.05, 4.69) is 0 Å². The summed E-state index contributed by atoms with van der Waals surface area (Å²) >= 11 is 0. The van der Waals surface area contributed by atoms with Crippen LogP contribution < -0.4 is 9.47 Å². The van der Waals surface area contributed by atoms with Gasteiger partial charge in [-0.2, -0.15) is 0 Å². The van der Waals surface area contributed by atoms with Gasteiger partial charge in [0.05, 0.1) is 26.7 Å². The number of carbonyl (C=O) groups excluding carboxylic acids is 2. The molecule has 0 heterocycles. The molecule has 0 N–H and O–H groups in total. The van der Waals surface area contributed by atoms with E-state index in [1.807, 2.05) is 0 Å². The van der Waals surface area contributed by atoms with Crippen molar-refractivity contribution in [3.05, 3.63) is 23.8 Å². The highest BCUT2D eigenvalue weighted by molar-refractivity contribution is 7.27. The van der Waals surface area contributed by atoms with Crippen LogP contribution in [-0.2, 0) is 14.1 Å². The third-order valence-electron chi connectivity index (χ3n) is 4.11. The number of Topliss-reactive ketones (excluding diaryl/α,β-unsaturated/α-hetero) is 1. The van der Waals surface area contributed by atoms with Crippen LogP contribution in [0.25, 0.3) is 0 Å². The maximum Gasteiger partial charge on any atom is 0.324 e. The zero-order valence-corrected chi connectivity index (χ0v) is 16.4. The zero-order valence-electron chi connectivity index (χ0n) is 15.5. The van der Waals surface area contributed by atoms with Gasteiger partial charge in [-0.15, -0.1) is 0 Å². The molecule has 2 atom stereocenters. The maximum atomic E-state index is 13.3. The first kappa shape index (κ1) is 21.1. The molecule has 2 unspecified atom stereocenters. The van der Waals surface area contributed by atoms with Crippen LogP contribution in [0.5, 0.6) is 11.5 Å². The van der Waals surface area contributed by atoms with Gasteiger partial charge in [-0.05, 0) is 31.9 Å². The molecule has 1 aromatic rings. The van der Waals surface area contributed by atoms with Crippen LogP contribution >= 0.6 is 8.46 Å². The van der Waals surface area contributed by atoms with Crippen LogP contribution in [0.2, 0.25) is 0 Å². The van der Waals surface area contributed by atoms with Gasteiger partial charge in [-0.3, -0.25) is 14.2 Å². The van der Waals surface area contributed by atoms with Crippen molar-refractivity contribution in [2.24, 2.45) is 11.8 Å². The lowest BCUT2D eigenvalue weighted by atomic mass is 9.78. The normalized spacial score (nSPS) is 14.7. The number of methoxy groups -OCH3 is 2. The predicted octanol–water partition coefficient (Wildman–Crippen LogP) is 3.77. The lowest BCUT2D eigenvalue weighted by Crippen LogP contribution is -2.46. The van der Waals surface area contributed by atoms with Crippen LogP contribution in [0.4, 0.5) is 0 Å². The highest BCUT2D eigenvalue weighted by atomic mass is 31.1. The molecule has 0 saturated heterocycles. The van der Waals surface area contributed by atoms with Gasteiger partial charge in [0.25, 0.3) is 0 Å². The summed E-state index contributed by atoms with van der Waals surface area (Å²) in [6.45, 7) is 6.88. The minimum atomic E-state index is -1.51. The fourth-order valence-electron chi connectivity index (χ4n) is 2.95. The second-order valence-corrected chi connectivity index (χ2v) is 7.19. The number of benzene rings is 1. The van der Waals surface area contributed by atoms with Crippen LogP contribution in [0.15, 0.2) is 18.2 Å². The minimum absolute atomic E-state index is 0.140. The molecule has 6 nitrogen and oxygen atoms in total. The van der Waals surface area contributed by atoms with Crippen LogP contribution in [0.1, 0.15) is 38.1 Å². The number of hydrogen-bond donors (Lipinski definition) is 0. The Hall–Kier alpha value is -1.94. The van der Waals surface area contributed by atoms with Crippen molar-refractivity contribution in [3.63, 3.8) is 0 Å². The van der Waals surface area contributed by atoms with Gasteiger partial charge >= 0.3 is 5.97 Å². The first-order chi connectivity index (χ1) is 11.8. The van der Waals surface area contributed by atoms with E-state index in [1.54, 1.807) is 39.0 Å². The van der Waals surface area contributed by atoms with E-state index in [9.17, 15) is 14.2 Å². The molecule has 0 aliphatic carbocycles. The zero-order chi connectivity index (χ0) is 19.2. The number of carbonyl (C=O) groups is 2. The summed E-state index contributed by atoms with van der Waals surface area (Å²) in [5.74, 6) is -1.52. The third-order valence-corrected chi connectivity index (χ3v) is 4.95. The molecule has 0 fully saturated rings. The summed E-state index contributed by atoms with van der Waals surface area (Å²) in [5, 5.41) is -1.51. The van der Waals surface area contributed by atoms with Gasteiger partial charge < -0.3 is 14.2 Å². The van der Waals surface area contributed by atoms with Crippen molar-refractivity contribution in [1.29, 1.82) is 0 Å². The van der Waals surface area contributed by atoms with Gasteiger partial charge in [0, 0.05) is 0 Å².